The van der Waals surface area contributed by atoms with E-state index < -0.39 is 0 Å². The molecule has 128 valence electrons. The minimum atomic E-state index is 0.134. The second-order valence-electron chi connectivity index (χ2n) is 7.32. The number of likely N-dealkylation sites (tertiary alicyclic amines) is 1. The zero-order chi connectivity index (χ0) is 16.2. The van der Waals surface area contributed by atoms with Gasteiger partial charge in [-0.25, -0.2) is 0 Å². The Morgan fingerprint density at radius 2 is 2.00 bits per heavy atom. The summed E-state index contributed by atoms with van der Waals surface area (Å²) in [5, 5.41) is 0. The van der Waals surface area contributed by atoms with Crippen molar-refractivity contribution in [3.63, 3.8) is 0 Å². The summed E-state index contributed by atoms with van der Waals surface area (Å²) in [6.07, 6.45) is 4.10. The van der Waals surface area contributed by atoms with Crippen molar-refractivity contribution in [1.82, 2.24) is 19.7 Å². The second kappa shape index (κ2) is 7.49. The SMILES string of the molecule is CC(C)CCN1CCC(N2CCN(Cc3ccc[nH]3)CC2)C1=O. The molecule has 1 N–H and O–H groups in total. The highest BCUT2D eigenvalue weighted by molar-refractivity contribution is 5.84. The lowest BCUT2D eigenvalue weighted by atomic mass is 10.1. The number of aromatic nitrogens is 1. The lowest BCUT2D eigenvalue weighted by molar-refractivity contribution is -0.132. The molecule has 0 spiro atoms. The van der Waals surface area contributed by atoms with E-state index in [0.717, 1.165) is 58.7 Å². The highest BCUT2D eigenvalue weighted by Crippen LogP contribution is 2.20. The predicted octanol–water partition coefficient (Wildman–Crippen LogP) is 1.78. The lowest BCUT2D eigenvalue weighted by Gasteiger charge is -2.37. The fourth-order valence-corrected chi connectivity index (χ4v) is 3.64. The number of hydrogen-bond acceptors (Lipinski definition) is 3. The van der Waals surface area contributed by atoms with Crippen molar-refractivity contribution in [2.45, 2.75) is 39.3 Å². The number of hydrogen-bond donors (Lipinski definition) is 1. The van der Waals surface area contributed by atoms with Crippen LogP contribution in [0.15, 0.2) is 18.3 Å². The van der Waals surface area contributed by atoms with Gasteiger partial charge >= 0.3 is 0 Å². The average Bonchev–Trinajstić information content (AvgIpc) is 3.16. The molecule has 2 aliphatic heterocycles. The molecule has 0 bridgehead atoms. The van der Waals surface area contributed by atoms with Crippen molar-refractivity contribution < 1.29 is 4.79 Å². The van der Waals surface area contributed by atoms with Crippen molar-refractivity contribution in [2.75, 3.05) is 39.3 Å². The zero-order valence-electron chi connectivity index (χ0n) is 14.5. The van der Waals surface area contributed by atoms with Crippen LogP contribution in [-0.2, 0) is 11.3 Å². The monoisotopic (exact) mass is 318 g/mol. The van der Waals surface area contributed by atoms with E-state index in [1.165, 1.54) is 5.69 Å². The molecule has 2 aliphatic rings. The van der Waals surface area contributed by atoms with Crippen LogP contribution in [0.4, 0.5) is 0 Å². The highest BCUT2D eigenvalue weighted by Gasteiger charge is 2.36. The van der Waals surface area contributed by atoms with Crippen molar-refractivity contribution >= 4 is 5.91 Å². The molecule has 3 rings (SSSR count). The van der Waals surface area contributed by atoms with Crippen LogP contribution in [0.3, 0.4) is 0 Å². The standard InChI is InChI=1S/C18H30N4O/c1-15(2)5-8-22-9-6-17(18(22)23)21-12-10-20(11-13-21)14-16-4-3-7-19-16/h3-4,7,15,17,19H,5-6,8-14H2,1-2H3. The van der Waals surface area contributed by atoms with Crippen LogP contribution in [0, 0.1) is 5.92 Å². The summed E-state index contributed by atoms with van der Waals surface area (Å²) in [7, 11) is 0. The maximum Gasteiger partial charge on any atom is 0.239 e. The molecule has 1 aromatic rings. The Hall–Kier alpha value is -1.33. The minimum absolute atomic E-state index is 0.134. The molecular formula is C18H30N4O. The van der Waals surface area contributed by atoms with Gasteiger partial charge in [-0.05, 0) is 30.9 Å². The Bertz CT molecular complexity index is 491. The smallest absolute Gasteiger partial charge is 0.239 e. The summed E-state index contributed by atoms with van der Waals surface area (Å²) in [6.45, 7) is 11.4. The summed E-state index contributed by atoms with van der Waals surface area (Å²) in [4.78, 5) is 22.8. The largest absolute Gasteiger partial charge is 0.364 e. The highest BCUT2D eigenvalue weighted by atomic mass is 16.2. The van der Waals surface area contributed by atoms with E-state index in [1.54, 1.807) is 0 Å². The van der Waals surface area contributed by atoms with Crippen molar-refractivity contribution in [3.8, 4) is 0 Å². The molecular weight excluding hydrogens is 288 g/mol. The van der Waals surface area contributed by atoms with Crippen molar-refractivity contribution in [3.05, 3.63) is 24.0 Å². The maximum atomic E-state index is 12.6. The molecule has 23 heavy (non-hydrogen) atoms. The Labute approximate surface area is 139 Å². The van der Waals surface area contributed by atoms with Gasteiger partial charge < -0.3 is 9.88 Å². The molecule has 2 fully saturated rings. The number of carbonyl (C=O) groups is 1. The first-order valence-electron chi connectivity index (χ1n) is 9.01. The van der Waals surface area contributed by atoms with Crippen LogP contribution in [0.25, 0.3) is 0 Å². The van der Waals surface area contributed by atoms with Crippen LogP contribution >= 0.6 is 0 Å². The van der Waals surface area contributed by atoms with E-state index >= 15 is 0 Å². The quantitative estimate of drug-likeness (QED) is 0.869. The first kappa shape index (κ1) is 16.5. The molecule has 1 aromatic heterocycles. The number of H-pyrrole nitrogens is 1. The summed E-state index contributed by atoms with van der Waals surface area (Å²) in [6, 6.07) is 4.32. The van der Waals surface area contributed by atoms with E-state index in [9.17, 15) is 4.79 Å². The molecule has 1 unspecified atom stereocenters. The molecule has 0 aromatic carbocycles. The van der Waals surface area contributed by atoms with E-state index in [1.807, 2.05) is 6.20 Å². The fraction of sp³-hybridized carbons (Fsp3) is 0.722. The number of nitrogens with one attached hydrogen (secondary N) is 1. The average molecular weight is 318 g/mol. The van der Waals surface area contributed by atoms with Gasteiger partial charge in [-0.15, -0.1) is 0 Å². The Balaban J connectivity index is 1.45. The van der Waals surface area contributed by atoms with Gasteiger partial charge in [-0.2, -0.15) is 0 Å². The van der Waals surface area contributed by atoms with Gasteiger partial charge in [-0.1, -0.05) is 13.8 Å². The number of carbonyl (C=O) groups excluding carboxylic acids is 1. The number of nitrogens with zero attached hydrogens (tertiary/aromatic N) is 3. The molecule has 1 amide bonds. The third-order valence-electron chi connectivity index (χ3n) is 5.15. The van der Waals surface area contributed by atoms with Gasteiger partial charge in [0.2, 0.25) is 5.91 Å². The minimum Gasteiger partial charge on any atom is -0.364 e. The van der Waals surface area contributed by atoms with Gasteiger partial charge in [-0.3, -0.25) is 14.6 Å². The van der Waals surface area contributed by atoms with Gasteiger partial charge in [0.15, 0.2) is 0 Å². The van der Waals surface area contributed by atoms with Crippen LogP contribution in [0.1, 0.15) is 32.4 Å². The van der Waals surface area contributed by atoms with E-state index in [4.69, 9.17) is 0 Å². The van der Waals surface area contributed by atoms with Crippen molar-refractivity contribution in [1.29, 1.82) is 0 Å². The molecule has 3 heterocycles. The maximum absolute atomic E-state index is 12.6. The third kappa shape index (κ3) is 4.15. The molecule has 5 nitrogen and oxygen atoms in total. The predicted molar refractivity (Wildman–Crippen MR) is 92.1 cm³/mol. The Morgan fingerprint density at radius 3 is 2.65 bits per heavy atom. The van der Waals surface area contributed by atoms with Gasteiger partial charge in [0.05, 0.1) is 6.04 Å². The van der Waals surface area contributed by atoms with E-state index in [2.05, 4.69) is 45.7 Å². The second-order valence-corrected chi connectivity index (χ2v) is 7.32. The fourth-order valence-electron chi connectivity index (χ4n) is 3.64. The van der Waals surface area contributed by atoms with Gasteiger partial charge in [0, 0.05) is 57.7 Å². The summed E-state index contributed by atoms with van der Waals surface area (Å²) in [5.41, 5.74) is 1.27. The summed E-state index contributed by atoms with van der Waals surface area (Å²) >= 11 is 0. The lowest BCUT2D eigenvalue weighted by Crippen LogP contribution is -2.52. The number of piperazine rings is 1. The normalized spacial score (nSPS) is 24.0. The first-order chi connectivity index (χ1) is 11.1. The van der Waals surface area contributed by atoms with Crippen LogP contribution < -0.4 is 0 Å². The van der Waals surface area contributed by atoms with Crippen LogP contribution in [0.2, 0.25) is 0 Å². The van der Waals surface area contributed by atoms with Crippen LogP contribution in [0.5, 0.6) is 0 Å². The topological polar surface area (TPSA) is 42.6 Å². The van der Waals surface area contributed by atoms with Crippen LogP contribution in [-0.4, -0.2) is 70.9 Å². The number of amides is 1. The first-order valence-corrected chi connectivity index (χ1v) is 9.01. The van der Waals surface area contributed by atoms with E-state index in [-0.39, 0.29) is 6.04 Å². The van der Waals surface area contributed by atoms with Gasteiger partial charge in [0.1, 0.15) is 0 Å². The number of rotatable bonds is 6. The summed E-state index contributed by atoms with van der Waals surface area (Å²) in [5.74, 6) is 1.03. The zero-order valence-corrected chi connectivity index (χ0v) is 14.5. The molecule has 2 saturated heterocycles. The van der Waals surface area contributed by atoms with Gasteiger partial charge in [0.25, 0.3) is 0 Å². The summed E-state index contributed by atoms with van der Waals surface area (Å²) < 4.78 is 0. The molecule has 0 radical (unpaired) electrons. The molecule has 0 aliphatic carbocycles. The molecule has 5 heteroatoms. The van der Waals surface area contributed by atoms with Crippen molar-refractivity contribution in [2.24, 2.45) is 5.92 Å². The Morgan fingerprint density at radius 1 is 1.22 bits per heavy atom. The molecule has 1 atom stereocenters. The molecule has 0 saturated carbocycles. The third-order valence-corrected chi connectivity index (χ3v) is 5.15. The Kier molecular flexibility index (Phi) is 5.38. The van der Waals surface area contributed by atoms with E-state index in [0.29, 0.717) is 11.8 Å². The number of aromatic amines is 1.